The van der Waals surface area contributed by atoms with Crippen LogP contribution in [-0.4, -0.2) is 34.9 Å². The number of aliphatic hydroxyl groups excluding tert-OH is 2. The van der Waals surface area contributed by atoms with Crippen LogP contribution in [0.15, 0.2) is 60.8 Å². The topological polar surface area (TPSA) is 69.6 Å². The minimum atomic E-state index is -0.843. The molecule has 2 atom stereocenters. The number of aliphatic hydroxyl groups is 2. The van der Waals surface area contributed by atoms with Crippen LogP contribution in [0.5, 0.6) is 0 Å². The van der Waals surface area contributed by atoms with Crippen molar-refractivity contribution in [3.05, 3.63) is 60.8 Å². The fourth-order valence-corrected chi connectivity index (χ4v) is 7.99. The summed E-state index contributed by atoms with van der Waals surface area (Å²) in [7, 11) is 0. The second-order valence-corrected chi connectivity index (χ2v) is 17.9. The summed E-state index contributed by atoms with van der Waals surface area (Å²) in [5, 5.41) is 23.2. The molecule has 2 unspecified atom stereocenters. The van der Waals surface area contributed by atoms with Crippen molar-refractivity contribution >= 4 is 5.91 Å². The molecule has 0 heterocycles. The minimum Gasteiger partial charge on any atom is -0.394 e. The largest absolute Gasteiger partial charge is 0.394 e. The van der Waals surface area contributed by atoms with Crippen molar-refractivity contribution in [2.45, 2.75) is 283 Å². The first-order valence-corrected chi connectivity index (χ1v) is 26.5. The number of carbonyl (C=O) groups excluding carboxylic acids is 1. The summed E-state index contributed by atoms with van der Waals surface area (Å²) in [6, 6.07) is -0.626. The van der Waals surface area contributed by atoms with Gasteiger partial charge in [0.15, 0.2) is 0 Å². The van der Waals surface area contributed by atoms with Gasteiger partial charge in [-0.2, -0.15) is 0 Å². The molecule has 0 bridgehead atoms. The van der Waals surface area contributed by atoms with Crippen LogP contribution in [-0.2, 0) is 4.79 Å². The lowest BCUT2D eigenvalue weighted by Gasteiger charge is -2.20. The first kappa shape index (κ1) is 58.1. The van der Waals surface area contributed by atoms with Crippen LogP contribution in [0.4, 0.5) is 0 Å². The highest BCUT2D eigenvalue weighted by molar-refractivity contribution is 5.76. The molecule has 0 aliphatic heterocycles. The van der Waals surface area contributed by atoms with E-state index in [1.54, 1.807) is 6.08 Å². The molecule has 3 N–H and O–H groups in total. The van der Waals surface area contributed by atoms with Crippen molar-refractivity contribution in [2.75, 3.05) is 6.61 Å². The van der Waals surface area contributed by atoms with Crippen LogP contribution >= 0.6 is 0 Å². The molecular formula is C56H103NO3. The maximum atomic E-state index is 12.5. The van der Waals surface area contributed by atoms with Gasteiger partial charge < -0.3 is 15.5 Å². The van der Waals surface area contributed by atoms with Gasteiger partial charge >= 0.3 is 0 Å². The number of unbranched alkanes of at least 4 members (excludes halogenated alkanes) is 33. The normalized spacial score (nSPS) is 13.3. The van der Waals surface area contributed by atoms with Crippen molar-refractivity contribution in [3.8, 4) is 0 Å². The molecule has 0 spiro atoms. The zero-order valence-corrected chi connectivity index (χ0v) is 40.2. The number of rotatable bonds is 48. The molecule has 0 aliphatic carbocycles. The van der Waals surface area contributed by atoms with E-state index in [0.29, 0.717) is 6.42 Å². The van der Waals surface area contributed by atoms with Crippen molar-refractivity contribution < 1.29 is 15.0 Å². The molecule has 0 rings (SSSR count). The van der Waals surface area contributed by atoms with E-state index in [1.165, 1.54) is 199 Å². The van der Waals surface area contributed by atoms with Gasteiger partial charge in [-0.05, 0) is 57.8 Å². The van der Waals surface area contributed by atoms with E-state index in [-0.39, 0.29) is 12.5 Å². The molecule has 0 saturated heterocycles. The lowest BCUT2D eigenvalue weighted by atomic mass is 10.0. The third kappa shape index (κ3) is 47.1. The highest BCUT2D eigenvalue weighted by atomic mass is 16.3. The molecule has 4 heteroatoms. The zero-order chi connectivity index (χ0) is 43.5. The minimum absolute atomic E-state index is 0.0655. The van der Waals surface area contributed by atoms with Gasteiger partial charge in [-0.3, -0.25) is 4.79 Å². The standard InChI is InChI=1S/C56H103NO3/c1-3-5-7-9-11-13-15-17-19-21-23-25-27-28-30-32-34-36-38-40-42-44-46-48-50-52-56(60)57-54(53-58)55(59)51-49-47-45-43-41-39-37-35-33-31-29-26-24-22-20-18-16-14-12-10-8-6-4-2/h5,7,11,13,17,19,23,25,49,51,54-55,58-59H,3-4,6,8-10,12,14-16,18,20-22,24,26-48,50,52-53H2,1-2H3,(H,57,60)/b7-5-,13-11-,19-17-,25-23-,51-49+. The molecule has 4 nitrogen and oxygen atoms in total. The summed E-state index contributed by atoms with van der Waals surface area (Å²) in [5.41, 5.74) is 0. The van der Waals surface area contributed by atoms with Crippen molar-refractivity contribution in [1.29, 1.82) is 0 Å². The van der Waals surface area contributed by atoms with E-state index in [2.05, 4.69) is 67.8 Å². The number of hydrogen-bond donors (Lipinski definition) is 3. The van der Waals surface area contributed by atoms with Gasteiger partial charge in [0.25, 0.3) is 0 Å². The lowest BCUT2D eigenvalue weighted by Crippen LogP contribution is -2.45. The van der Waals surface area contributed by atoms with E-state index in [0.717, 1.165) is 51.4 Å². The molecule has 0 aromatic heterocycles. The Morgan fingerprint density at radius 2 is 0.733 bits per heavy atom. The third-order valence-corrected chi connectivity index (χ3v) is 12.0. The summed E-state index contributed by atoms with van der Waals surface area (Å²) < 4.78 is 0. The Balaban J connectivity index is 3.52. The smallest absolute Gasteiger partial charge is 0.220 e. The van der Waals surface area contributed by atoms with Crippen LogP contribution in [0, 0.1) is 0 Å². The van der Waals surface area contributed by atoms with Gasteiger partial charge in [-0.15, -0.1) is 0 Å². The molecule has 60 heavy (non-hydrogen) atoms. The van der Waals surface area contributed by atoms with Crippen molar-refractivity contribution in [2.24, 2.45) is 0 Å². The second-order valence-electron chi connectivity index (χ2n) is 17.9. The van der Waals surface area contributed by atoms with Gasteiger partial charge in [-0.1, -0.05) is 267 Å². The fraction of sp³-hybridized carbons (Fsp3) is 0.804. The van der Waals surface area contributed by atoms with Crippen LogP contribution < -0.4 is 5.32 Å². The quantitative estimate of drug-likeness (QED) is 0.0422. The molecular weight excluding hydrogens is 735 g/mol. The Labute approximate surface area is 375 Å². The maximum Gasteiger partial charge on any atom is 0.220 e. The van der Waals surface area contributed by atoms with Crippen LogP contribution in [0.3, 0.4) is 0 Å². The monoisotopic (exact) mass is 838 g/mol. The lowest BCUT2D eigenvalue weighted by molar-refractivity contribution is -0.123. The Bertz CT molecular complexity index is 996. The number of amides is 1. The van der Waals surface area contributed by atoms with Crippen molar-refractivity contribution in [3.63, 3.8) is 0 Å². The van der Waals surface area contributed by atoms with E-state index < -0.39 is 12.1 Å². The Morgan fingerprint density at radius 3 is 1.10 bits per heavy atom. The summed E-state index contributed by atoms with van der Waals surface area (Å²) in [5.74, 6) is -0.0655. The van der Waals surface area contributed by atoms with Crippen LogP contribution in [0.1, 0.15) is 271 Å². The third-order valence-electron chi connectivity index (χ3n) is 12.0. The number of nitrogens with one attached hydrogen (secondary N) is 1. The highest BCUT2D eigenvalue weighted by Gasteiger charge is 2.18. The SMILES string of the molecule is CC/C=C\C/C=C\C/C=C\C/C=C\CCCCCCCCCCCCCCC(=O)NC(CO)C(O)/C=C/CCCCCCCCCCCCCCCCCCCCCCC. The van der Waals surface area contributed by atoms with Gasteiger partial charge in [0.2, 0.25) is 5.91 Å². The molecule has 0 aliphatic rings. The van der Waals surface area contributed by atoms with Crippen molar-refractivity contribution in [1.82, 2.24) is 5.32 Å². The summed E-state index contributed by atoms with van der Waals surface area (Å²) >= 11 is 0. The van der Waals surface area contributed by atoms with E-state index in [1.807, 2.05) is 6.08 Å². The fourth-order valence-electron chi connectivity index (χ4n) is 7.99. The predicted octanol–water partition coefficient (Wildman–Crippen LogP) is 17.2. The van der Waals surface area contributed by atoms with Crippen LogP contribution in [0.25, 0.3) is 0 Å². The average Bonchev–Trinajstić information content (AvgIpc) is 3.25. The summed E-state index contributed by atoms with van der Waals surface area (Å²) in [6.45, 7) is 4.22. The van der Waals surface area contributed by atoms with Gasteiger partial charge in [-0.25, -0.2) is 0 Å². The number of carbonyl (C=O) groups is 1. The van der Waals surface area contributed by atoms with Gasteiger partial charge in [0.05, 0.1) is 18.8 Å². The molecule has 0 saturated carbocycles. The number of hydrogen-bond acceptors (Lipinski definition) is 3. The Kier molecular flexibility index (Phi) is 49.8. The first-order valence-electron chi connectivity index (χ1n) is 26.5. The van der Waals surface area contributed by atoms with E-state index in [9.17, 15) is 15.0 Å². The second kappa shape index (κ2) is 51.4. The van der Waals surface area contributed by atoms with Gasteiger partial charge in [0, 0.05) is 6.42 Å². The summed E-state index contributed by atoms with van der Waals surface area (Å²) in [4.78, 5) is 12.5. The maximum absolute atomic E-state index is 12.5. The van der Waals surface area contributed by atoms with Crippen LogP contribution in [0.2, 0.25) is 0 Å². The molecule has 1 amide bonds. The molecule has 0 fully saturated rings. The molecule has 0 aromatic rings. The Morgan fingerprint density at radius 1 is 0.417 bits per heavy atom. The zero-order valence-electron chi connectivity index (χ0n) is 40.2. The van der Waals surface area contributed by atoms with E-state index in [4.69, 9.17) is 0 Å². The Hall–Kier alpha value is -1.91. The highest BCUT2D eigenvalue weighted by Crippen LogP contribution is 2.16. The number of allylic oxidation sites excluding steroid dienone is 9. The molecule has 0 aromatic carbocycles. The van der Waals surface area contributed by atoms with Gasteiger partial charge in [0.1, 0.15) is 0 Å². The molecule has 0 radical (unpaired) electrons. The molecule has 350 valence electrons. The average molecular weight is 838 g/mol. The predicted molar refractivity (Wildman–Crippen MR) is 267 cm³/mol. The summed E-state index contributed by atoms with van der Waals surface area (Å²) in [6.07, 6.45) is 72.2. The van der Waals surface area contributed by atoms with E-state index >= 15 is 0 Å². The first-order chi connectivity index (χ1) is 29.7.